The van der Waals surface area contributed by atoms with Crippen LogP contribution in [0.4, 0.5) is 11.4 Å². The zero-order valence-electron chi connectivity index (χ0n) is 16.2. The van der Waals surface area contributed by atoms with Gasteiger partial charge in [-0.1, -0.05) is 0 Å². The Kier molecular flexibility index (Phi) is 6.06. The maximum atomic E-state index is 12.6. The van der Waals surface area contributed by atoms with Crippen molar-refractivity contribution >= 4 is 35.1 Å². The molecule has 10 heteroatoms. The molecule has 0 saturated carbocycles. The Morgan fingerprint density at radius 3 is 1.12 bits per heavy atom. The van der Waals surface area contributed by atoms with Crippen molar-refractivity contribution in [1.82, 2.24) is 0 Å². The molecule has 3 rings (SSSR count). The van der Waals surface area contributed by atoms with Gasteiger partial charge >= 0.3 is 11.9 Å². The molecular weight excluding hydrogens is 420 g/mol. The summed E-state index contributed by atoms with van der Waals surface area (Å²) in [5.74, 6) is -5.02. The van der Waals surface area contributed by atoms with Gasteiger partial charge in [-0.15, -0.1) is 0 Å². The van der Waals surface area contributed by atoms with Crippen molar-refractivity contribution in [2.45, 2.75) is 0 Å². The highest BCUT2D eigenvalue weighted by Crippen LogP contribution is 2.22. The highest BCUT2D eigenvalue weighted by Gasteiger charge is 2.26. The van der Waals surface area contributed by atoms with Crippen molar-refractivity contribution in [1.29, 1.82) is 0 Å². The molecule has 162 valence electrons. The van der Waals surface area contributed by atoms with Gasteiger partial charge in [-0.25, -0.2) is 9.59 Å². The zero-order valence-corrected chi connectivity index (χ0v) is 16.2. The summed E-state index contributed by atoms with van der Waals surface area (Å²) in [7, 11) is 0. The van der Waals surface area contributed by atoms with E-state index in [1.807, 2.05) is 0 Å². The van der Waals surface area contributed by atoms with Crippen LogP contribution in [0, 0.1) is 0 Å². The molecule has 10 nitrogen and oxygen atoms in total. The lowest BCUT2D eigenvalue weighted by molar-refractivity contribution is 0.0677. The molecule has 0 aliphatic carbocycles. The van der Waals surface area contributed by atoms with Crippen molar-refractivity contribution in [2.24, 2.45) is 0 Å². The first-order valence-electron chi connectivity index (χ1n) is 9.01. The van der Waals surface area contributed by atoms with Crippen LogP contribution in [0.2, 0.25) is 0 Å². The molecule has 32 heavy (non-hydrogen) atoms. The molecule has 2 amide bonds. The second-order valence-electron chi connectivity index (χ2n) is 6.56. The molecule has 0 aliphatic rings. The molecule has 0 atom stereocenters. The van der Waals surface area contributed by atoms with Crippen LogP contribution in [0.3, 0.4) is 0 Å². The predicted molar refractivity (Wildman–Crippen MR) is 112 cm³/mol. The Labute approximate surface area is 180 Å². The Hall–Kier alpha value is -4.86. The van der Waals surface area contributed by atoms with Gasteiger partial charge in [0.05, 0.1) is 22.3 Å². The van der Waals surface area contributed by atoms with Gasteiger partial charge in [-0.2, -0.15) is 0 Å². The molecule has 0 unspecified atom stereocenters. The lowest BCUT2D eigenvalue weighted by atomic mass is 9.96. The average molecular weight is 436 g/mol. The molecule has 0 aliphatic heterocycles. The summed E-state index contributed by atoms with van der Waals surface area (Å²) < 4.78 is 0. The first kappa shape index (κ1) is 21.8. The monoisotopic (exact) mass is 436 g/mol. The fourth-order valence-electron chi connectivity index (χ4n) is 2.82. The number of amides is 2. The molecular formula is C22H16N2O8. The number of phenols is 2. The van der Waals surface area contributed by atoms with Crippen LogP contribution in [-0.4, -0.2) is 44.2 Å². The number of aromatic hydroxyl groups is 2. The van der Waals surface area contributed by atoms with Crippen molar-refractivity contribution < 1.29 is 39.6 Å². The molecule has 0 fully saturated rings. The van der Waals surface area contributed by atoms with Crippen molar-refractivity contribution in [3.63, 3.8) is 0 Å². The van der Waals surface area contributed by atoms with Crippen molar-refractivity contribution in [3.05, 3.63) is 82.9 Å². The van der Waals surface area contributed by atoms with Gasteiger partial charge in [0.1, 0.15) is 11.5 Å². The number of rotatable bonds is 6. The van der Waals surface area contributed by atoms with Gasteiger partial charge < -0.3 is 31.1 Å². The van der Waals surface area contributed by atoms with Gasteiger partial charge in [-0.05, 0) is 60.7 Å². The standard InChI is InChI=1S/C22H16N2O8/c25-13-5-1-11(2-6-13)23-19(27)15-9-18(22(31)32)16(10-17(15)21(29)30)20(28)24-12-3-7-14(26)8-4-12/h1-10,25-26H,(H,23,27)(H,24,28)(H,29,30)(H,31,32). The first-order valence-corrected chi connectivity index (χ1v) is 9.01. The number of phenolic OH excluding ortho intramolecular Hbond substituents is 2. The summed E-state index contributed by atoms with van der Waals surface area (Å²) in [6.07, 6.45) is 0. The van der Waals surface area contributed by atoms with E-state index < -0.39 is 46.0 Å². The number of hydrogen-bond acceptors (Lipinski definition) is 6. The third-order valence-electron chi connectivity index (χ3n) is 4.36. The van der Waals surface area contributed by atoms with Crippen LogP contribution in [0.1, 0.15) is 41.4 Å². The number of carboxylic acid groups (broad SMARTS) is 2. The van der Waals surface area contributed by atoms with Crippen LogP contribution in [0.25, 0.3) is 0 Å². The Balaban J connectivity index is 2.01. The minimum absolute atomic E-state index is 0.0496. The second kappa shape index (κ2) is 8.88. The fourth-order valence-corrected chi connectivity index (χ4v) is 2.82. The lowest BCUT2D eigenvalue weighted by Crippen LogP contribution is -2.22. The topological polar surface area (TPSA) is 173 Å². The second-order valence-corrected chi connectivity index (χ2v) is 6.56. The molecule has 6 N–H and O–H groups in total. The summed E-state index contributed by atoms with van der Waals surface area (Å²) in [5, 5.41) is 42.6. The van der Waals surface area contributed by atoms with Gasteiger partial charge in [-0.3, -0.25) is 9.59 Å². The van der Waals surface area contributed by atoms with Crippen LogP contribution < -0.4 is 10.6 Å². The molecule has 0 aromatic heterocycles. The first-order chi connectivity index (χ1) is 15.2. The smallest absolute Gasteiger partial charge is 0.336 e. The van der Waals surface area contributed by atoms with E-state index in [0.29, 0.717) is 0 Å². The molecule has 0 bridgehead atoms. The molecule has 0 spiro atoms. The highest BCUT2D eigenvalue weighted by molar-refractivity contribution is 6.16. The van der Waals surface area contributed by atoms with Gasteiger partial charge in [0.25, 0.3) is 11.8 Å². The third-order valence-corrected chi connectivity index (χ3v) is 4.36. The van der Waals surface area contributed by atoms with E-state index in [0.717, 1.165) is 12.1 Å². The molecule has 3 aromatic rings. The minimum Gasteiger partial charge on any atom is -0.508 e. The molecule has 0 radical (unpaired) electrons. The average Bonchev–Trinajstić information content (AvgIpc) is 2.75. The van der Waals surface area contributed by atoms with Gasteiger partial charge in [0.2, 0.25) is 0 Å². The van der Waals surface area contributed by atoms with E-state index in [1.54, 1.807) is 0 Å². The van der Waals surface area contributed by atoms with Crippen LogP contribution >= 0.6 is 0 Å². The normalized spacial score (nSPS) is 10.2. The number of carbonyl (C=O) groups is 4. The maximum Gasteiger partial charge on any atom is 0.336 e. The van der Waals surface area contributed by atoms with Crippen molar-refractivity contribution in [2.75, 3.05) is 10.6 Å². The molecule has 0 heterocycles. The van der Waals surface area contributed by atoms with E-state index in [4.69, 9.17) is 0 Å². The Morgan fingerprint density at radius 2 is 0.844 bits per heavy atom. The van der Waals surface area contributed by atoms with Crippen LogP contribution in [0.5, 0.6) is 11.5 Å². The maximum absolute atomic E-state index is 12.6. The fraction of sp³-hybridized carbons (Fsp3) is 0. The minimum atomic E-state index is -1.54. The SMILES string of the molecule is O=C(O)c1cc(C(=O)Nc2ccc(O)cc2)c(C(=O)O)cc1C(=O)Nc1ccc(O)cc1. The van der Waals surface area contributed by atoms with E-state index in [1.165, 1.54) is 48.5 Å². The lowest BCUT2D eigenvalue weighted by Gasteiger charge is -2.13. The molecule has 3 aromatic carbocycles. The summed E-state index contributed by atoms with van der Waals surface area (Å²) in [5.41, 5.74) is -1.64. The number of carboxylic acids is 2. The van der Waals surface area contributed by atoms with Gasteiger partial charge in [0.15, 0.2) is 0 Å². The summed E-state index contributed by atoms with van der Waals surface area (Å²) >= 11 is 0. The number of aromatic carboxylic acids is 2. The van der Waals surface area contributed by atoms with E-state index in [2.05, 4.69) is 10.6 Å². The molecule has 0 saturated heterocycles. The number of anilines is 2. The van der Waals surface area contributed by atoms with Crippen LogP contribution in [-0.2, 0) is 0 Å². The van der Waals surface area contributed by atoms with E-state index in [9.17, 15) is 39.6 Å². The quantitative estimate of drug-likeness (QED) is 0.320. The predicted octanol–water partition coefficient (Wildman–Crippen LogP) is 3.00. The summed E-state index contributed by atoms with van der Waals surface area (Å²) in [4.78, 5) is 48.8. The van der Waals surface area contributed by atoms with E-state index in [-0.39, 0.29) is 22.9 Å². The van der Waals surface area contributed by atoms with Gasteiger partial charge in [0, 0.05) is 11.4 Å². The number of benzene rings is 3. The van der Waals surface area contributed by atoms with E-state index >= 15 is 0 Å². The summed E-state index contributed by atoms with van der Waals surface area (Å²) in [6, 6.07) is 12.3. The van der Waals surface area contributed by atoms with Crippen molar-refractivity contribution in [3.8, 4) is 11.5 Å². The zero-order chi connectivity index (χ0) is 23.4. The third kappa shape index (κ3) is 4.82. The highest BCUT2D eigenvalue weighted by atomic mass is 16.4. The Bertz CT molecular complexity index is 1120. The number of hydrogen-bond donors (Lipinski definition) is 6. The van der Waals surface area contributed by atoms with Crippen LogP contribution in [0.15, 0.2) is 60.7 Å². The largest absolute Gasteiger partial charge is 0.508 e. The summed E-state index contributed by atoms with van der Waals surface area (Å²) in [6.45, 7) is 0. The number of carbonyl (C=O) groups excluding carboxylic acids is 2. The number of nitrogens with one attached hydrogen (secondary N) is 2. The Morgan fingerprint density at radius 1 is 0.531 bits per heavy atom.